The van der Waals surface area contributed by atoms with E-state index in [0.717, 1.165) is 4.68 Å². The summed E-state index contributed by atoms with van der Waals surface area (Å²) >= 11 is 0. The second-order valence-electron chi connectivity index (χ2n) is 4.91. The molecule has 0 amide bonds. The van der Waals surface area contributed by atoms with E-state index in [1.807, 2.05) is 14.1 Å². The number of hydrogen-bond acceptors (Lipinski definition) is 5. The molecular formula is C15H14N4O3. The molecule has 0 saturated carbocycles. The number of rotatable bonds is 3. The van der Waals surface area contributed by atoms with Crippen LogP contribution < -0.4 is 16.1 Å². The smallest absolute Gasteiger partial charge is 0.349 e. The minimum atomic E-state index is -0.598. The summed E-state index contributed by atoms with van der Waals surface area (Å²) in [5, 5.41) is 4.32. The molecule has 1 N–H and O–H groups in total. The van der Waals surface area contributed by atoms with Gasteiger partial charge >= 0.3 is 5.69 Å². The maximum atomic E-state index is 12.3. The molecular weight excluding hydrogens is 284 g/mol. The van der Waals surface area contributed by atoms with E-state index in [1.54, 1.807) is 41.3 Å². The maximum absolute atomic E-state index is 12.3. The molecule has 7 nitrogen and oxygen atoms in total. The first-order valence-corrected chi connectivity index (χ1v) is 6.62. The van der Waals surface area contributed by atoms with Crippen LogP contribution in [0.1, 0.15) is 5.76 Å². The van der Waals surface area contributed by atoms with Gasteiger partial charge in [-0.05, 0) is 18.2 Å². The van der Waals surface area contributed by atoms with Crippen LogP contribution in [0.5, 0.6) is 0 Å². The molecule has 0 aliphatic carbocycles. The lowest BCUT2D eigenvalue weighted by Crippen LogP contribution is -2.32. The zero-order valence-corrected chi connectivity index (χ0v) is 12.1. The van der Waals surface area contributed by atoms with Gasteiger partial charge in [-0.1, -0.05) is 12.1 Å². The van der Waals surface area contributed by atoms with Gasteiger partial charge < -0.3 is 14.3 Å². The molecule has 0 bridgehead atoms. The van der Waals surface area contributed by atoms with Gasteiger partial charge in [0.05, 0.1) is 17.1 Å². The van der Waals surface area contributed by atoms with Crippen LogP contribution >= 0.6 is 0 Å². The number of benzene rings is 1. The molecule has 7 heteroatoms. The minimum absolute atomic E-state index is 0.396. The summed E-state index contributed by atoms with van der Waals surface area (Å²) in [5.41, 5.74) is -0.592. The van der Waals surface area contributed by atoms with E-state index in [-0.39, 0.29) is 0 Å². The van der Waals surface area contributed by atoms with Gasteiger partial charge in [-0.3, -0.25) is 4.79 Å². The number of aromatic nitrogens is 2. The molecule has 0 atom stereocenters. The molecule has 1 aromatic carbocycles. The van der Waals surface area contributed by atoms with Gasteiger partial charge in [0.25, 0.3) is 5.56 Å². The minimum Gasteiger partial charge on any atom is -0.440 e. The van der Waals surface area contributed by atoms with Gasteiger partial charge in [0.15, 0.2) is 5.88 Å². The van der Waals surface area contributed by atoms with E-state index in [2.05, 4.69) is 10.1 Å². The molecule has 0 aliphatic heterocycles. The SMILES string of the molecule is CN(C)c1ccc(C=Nn2c(=O)[nH]c3ccccc3c2=O)o1. The van der Waals surface area contributed by atoms with E-state index < -0.39 is 11.2 Å². The first kappa shape index (κ1) is 13.9. The molecule has 0 aliphatic rings. The third-order valence-electron chi connectivity index (χ3n) is 3.14. The number of anilines is 1. The Labute approximate surface area is 125 Å². The quantitative estimate of drug-likeness (QED) is 0.737. The van der Waals surface area contributed by atoms with E-state index in [0.29, 0.717) is 22.5 Å². The van der Waals surface area contributed by atoms with Gasteiger partial charge in [-0.15, -0.1) is 4.68 Å². The van der Waals surface area contributed by atoms with Crippen LogP contribution in [0.4, 0.5) is 5.88 Å². The van der Waals surface area contributed by atoms with Crippen LogP contribution in [0, 0.1) is 0 Å². The van der Waals surface area contributed by atoms with Crippen molar-refractivity contribution in [2.24, 2.45) is 5.10 Å². The monoisotopic (exact) mass is 298 g/mol. The predicted octanol–water partition coefficient (Wildman–Crippen LogP) is 1.23. The highest BCUT2D eigenvalue weighted by Gasteiger charge is 2.06. The zero-order chi connectivity index (χ0) is 15.7. The predicted molar refractivity (Wildman–Crippen MR) is 84.9 cm³/mol. The fourth-order valence-electron chi connectivity index (χ4n) is 2.02. The Balaban J connectivity index is 2.05. The first-order chi connectivity index (χ1) is 10.6. The van der Waals surface area contributed by atoms with Crippen molar-refractivity contribution in [3.8, 4) is 0 Å². The highest BCUT2D eigenvalue weighted by atomic mass is 16.4. The Kier molecular flexibility index (Phi) is 3.38. The molecule has 2 aromatic heterocycles. The molecule has 3 rings (SSSR count). The van der Waals surface area contributed by atoms with Crippen molar-refractivity contribution in [3.05, 3.63) is 63.0 Å². The lowest BCUT2D eigenvalue weighted by atomic mass is 10.2. The average molecular weight is 298 g/mol. The van der Waals surface area contributed by atoms with Crippen molar-refractivity contribution in [1.82, 2.24) is 9.66 Å². The highest BCUT2D eigenvalue weighted by molar-refractivity contribution is 5.78. The molecule has 112 valence electrons. The Hall–Kier alpha value is -3.09. The molecule has 0 spiro atoms. The number of aromatic amines is 1. The van der Waals surface area contributed by atoms with Crippen molar-refractivity contribution in [3.63, 3.8) is 0 Å². The summed E-state index contributed by atoms with van der Waals surface area (Å²) in [7, 11) is 3.69. The first-order valence-electron chi connectivity index (χ1n) is 6.62. The molecule has 0 saturated heterocycles. The zero-order valence-electron chi connectivity index (χ0n) is 12.1. The average Bonchev–Trinajstić information content (AvgIpc) is 2.96. The largest absolute Gasteiger partial charge is 0.440 e. The van der Waals surface area contributed by atoms with Crippen LogP contribution in [0.3, 0.4) is 0 Å². The summed E-state index contributed by atoms with van der Waals surface area (Å²) < 4.78 is 6.26. The molecule has 3 aromatic rings. The number of nitrogens with one attached hydrogen (secondary N) is 1. The summed E-state index contributed by atoms with van der Waals surface area (Å²) in [6, 6.07) is 10.3. The molecule has 0 unspecified atom stereocenters. The molecule has 2 heterocycles. The number of H-pyrrole nitrogens is 1. The second-order valence-corrected chi connectivity index (χ2v) is 4.91. The number of nitrogens with zero attached hydrogens (tertiary/aromatic N) is 3. The van der Waals surface area contributed by atoms with Gasteiger partial charge in [0, 0.05) is 20.2 Å². The fraction of sp³-hybridized carbons (Fsp3) is 0.133. The Morgan fingerprint density at radius 3 is 2.68 bits per heavy atom. The summed E-state index contributed by atoms with van der Waals surface area (Å²) in [6.07, 6.45) is 1.33. The number of fused-ring (bicyclic) bond motifs is 1. The van der Waals surface area contributed by atoms with E-state index >= 15 is 0 Å². The highest BCUT2D eigenvalue weighted by Crippen LogP contribution is 2.14. The second kappa shape index (κ2) is 5.36. The number of hydrogen-bond donors (Lipinski definition) is 1. The molecule has 0 radical (unpaired) electrons. The van der Waals surface area contributed by atoms with Crippen LogP contribution in [-0.2, 0) is 0 Å². The standard InChI is InChI=1S/C15H14N4O3/c1-18(2)13-8-7-10(22-13)9-16-19-14(20)11-5-3-4-6-12(11)17-15(19)21/h3-9H,1-2H3,(H,17,21). The lowest BCUT2D eigenvalue weighted by Gasteiger charge is -2.05. The lowest BCUT2D eigenvalue weighted by molar-refractivity contribution is 0.557. The van der Waals surface area contributed by atoms with Crippen LogP contribution in [0.15, 0.2) is 55.5 Å². The third-order valence-corrected chi connectivity index (χ3v) is 3.14. The van der Waals surface area contributed by atoms with Crippen molar-refractivity contribution in [2.75, 3.05) is 19.0 Å². The normalized spacial score (nSPS) is 11.4. The van der Waals surface area contributed by atoms with E-state index in [4.69, 9.17) is 4.42 Å². The fourth-order valence-corrected chi connectivity index (χ4v) is 2.02. The van der Waals surface area contributed by atoms with Crippen molar-refractivity contribution >= 4 is 23.0 Å². The Morgan fingerprint density at radius 1 is 1.18 bits per heavy atom. The van der Waals surface area contributed by atoms with Crippen molar-refractivity contribution < 1.29 is 4.42 Å². The summed E-state index contributed by atoms with van der Waals surface area (Å²) in [5.74, 6) is 1.10. The van der Waals surface area contributed by atoms with Crippen LogP contribution in [0.25, 0.3) is 10.9 Å². The number of furan rings is 1. The van der Waals surface area contributed by atoms with Crippen molar-refractivity contribution in [2.45, 2.75) is 0 Å². The van der Waals surface area contributed by atoms with Gasteiger partial charge in [0.1, 0.15) is 5.76 Å². The summed E-state index contributed by atoms with van der Waals surface area (Å²) in [4.78, 5) is 28.6. The topological polar surface area (TPSA) is 83.6 Å². The van der Waals surface area contributed by atoms with E-state index in [1.165, 1.54) is 6.21 Å². The molecule has 0 fully saturated rings. The summed E-state index contributed by atoms with van der Waals surface area (Å²) in [6.45, 7) is 0. The van der Waals surface area contributed by atoms with Gasteiger partial charge in [-0.2, -0.15) is 5.10 Å². The Bertz CT molecular complexity index is 963. The van der Waals surface area contributed by atoms with Gasteiger partial charge in [0.2, 0.25) is 0 Å². The maximum Gasteiger partial charge on any atom is 0.349 e. The van der Waals surface area contributed by atoms with Gasteiger partial charge in [-0.25, -0.2) is 4.79 Å². The van der Waals surface area contributed by atoms with Crippen LogP contribution in [0.2, 0.25) is 0 Å². The van der Waals surface area contributed by atoms with Crippen molar-refractivity contribution in [1.29, 1.82) is 0 Å². The number of para-hydroxylation sites is 1. The van der Waals surface area contributed by atoms with Crippen LogP contribution in [-0.4, -0.2) is 30.0 Å². The third kappa shape index (κ3) is 2.44. The Morgan fingerprint density at radius 2 is 1.95 bits per heavy atom. The molecule has 22 heavy (non-hydrogen) atoms. The van der Waals surface area contributed by atoms with E-state index in [9.17, 15) is 9.59 Å².